The Bertz CT molecular complexity index is 847. The van der Waals surface area contributed by atoms with Crippen LogP contribution in [0.2, 0.25) is 5.02 Å². The first-order chi connectivity index (χ1) is 11.2. The van der Waals surface area contributed by atoms with Crippen molar-refractivity contribution in [3.05, 3.63) is 53.1 Å². The van der Waals surface area contributed by atoms with Crippen molar-refractivity contribution in [3.63, 3.8) is 0 Å². The van der Waals surface area contributed by atoms with E-state index in [1.807, 2.05) is 13.8 Å². The van der Waals surface area contributed by atoms with Gasteiger partial charge in [-0.2, -0.15) is 8.42 Å². The number of nitrogens with one attached hydrogen (secondary N) is 1. The Kier molecular flexibility index (Phi) is 5.48. The number of rotatable bonds is 5. The van der Waals surface area contributed by atoms with Crippen LogP contribution in [0.3, 0.4) is 0 Å². The molecule has 0 heterocycles. The van der Waals surface area contributed by atoms with Gasteiger partial charge in [0.2, 0.25) is 0 Å². The van der Waals surface area contributed by atoms with Crippen LogP contribution >= 0.6 is 11.6 Å². The monoisotopic (exact) mass is 369 g/mol. The third-order valence-electron chi connectivity index (χ3n) is 2.97. The Morgan fingerprint density at radius 1 is 1.17 bits per heavy atom. The van der Waals surface area contributed by atoms with Gasteiger partial charge in [0.25, 0.3) is 16.0 Å². The van der Waals surface area contributed by atoms with Gasteiger partial charge in [-0.15, -0.1) is 0 Å². The first-order valence-electron chi connectivity index (χ1n) is 7.02. The molecule has 2 rings (SSSR count). The topological polar surface area (TPSA) is 92.7 Å². The van der Waals surface area contributed by atoms with Crippen molar-refractivity contribution >= 4 is 33.3 Å². The highest BCUT2D eigenvalue weighted by atomic mass is 35.5. The number of hydrogen-bond acceptors (Lipinski definition) is 4. The van der Waals surface area contributed by atoms with Gasteiger partial charge in [-0.25, -0.2) is 0 Å². The SMILES string of the molecule is CC(C)Oc1ccc(C(=O)Nc2ccc(S(=O)(=O)O)cc2Cl)cc1. The number of ether oxygens (including phenoxy) is 1. The molecule has 0 aliphatic carbocycles. The van der Waals surface area contributed by atoms with Crippen LogP contribution in [0.25, 0.3) is 0 Å². The smallest absolute Gasteiger partial charge is 0.294 e. The third kappa shape index (κ3) is 4.70. The number of amides is 1. The van der Waals surface area contributed by atoms with Gasteiger partial charge >= 0.3 is 0 Å². The second-order valence-electron chi connectivity index (χ2n) is 5.26. The summed E-state index contributed by atoms with van der Waals surface area (Å²) < 4.78 is 36.6. The van der Waals surface area contributed by atoms with Gasteiger partial charge in [0.05, 0.1) is 21.7 Å². The van der Waals surface area contributed by atoms with E-state index in [4.69, 9.17) is 20.9 Å². The van der Waals surface area contributed by atoms with Gasteiger partial charge < -0.3 is 10.1 Å². The van der Waals surface area contributed by atoms with E-state index in [9.17, 15) is 13.2 Å². The Hall–Kier alpha value is -2.09. The Balaban J connectivity index is 2.15. The summed E-state index contributed by atoms with van der Waals surface area (Å²) in [6.45, 7) is 3.80. The van der Waals surface area contributed by atoms with Crippen LogP contribution in [0.1, 0.15) is 24.2 Å². The Labute approximate surface area is 145 Å². The summed E-state index contributed by atoms with van der Waals surface area (Å²) in [4.78, 5) is 11.9. The second-order valence-corrected chi connectivity index (χ2v) is 7.09. The van der Waals surface area contributed by atoms with Gasteiger partial charge in [-0.1, -0.05) is 11.6 Å². The van der Waals surface area contributed by atoms with Gasteiger partial charge in [0, 0.05) is 5.56 Å². The van der Waals surface area contributed by atoms with Crippen molar-refractivity contribution in [1.82, 2.24) is 0 Å². The molecule has 8 heteroatoms. The quantitative estimate of drug-likeness (QED) is 0.785. The van der Waals surface area contributed by atoms with E-state index in [1.54, 1.807) is 24.3 Å². The van der Waals surface area contributed by atoms with E-state index in [0.717, 1.165) is 12.1 Å². The summed E-state index contributed by atoms with van der Waals surface area (Å²) >= 11 is 5.94. The molecule has 0 fully saturated rings. The minimum atomic E-state index is -4.35. The standard InChI is InChI=1S/C16H16ClNO5S/c1-10(2)23-12-5-3-11(4-6-12)16(19)18-15-8-7-13(9-14(15)17)24(20,21)22/h3-10H,1-2H3,(H,18,19)(H,20,21,22). The molecule has 2 aromatic carbocycles. The maximum absolute atomic E-state index is 12.2. The van der Waals surface area contributed by atoms with Gasteiger partial charge in [0.15, 0.2) is 0 Å². The van der Waals surface area contributed by atoms with Crippen LogP contribution in [-0.4, -0.2) is 25.0 Å². The molecule has 0 saturated carbocycles. The number of carbonyl (C=O) groups excluding carboxylic acids is 1. The Morgan fingerprint density at radius 3 is 2.29 bits per heavy atom. The van der Waals surface area contributed by atoms with Crippen LogP contribution in [0.15, 0.2) is 47.4 Å². The van der Waals surface area contributed by atoms with Gasteiger partial charge in [-0.05, 0) is 56.3 Å². The lowest BCUT2D eigenvalue weighted by molar-refractivity contribution is 0.102. The maximum Gasteiger partial charge on any atom is 0.294 e. The number of anilines is 1. The molecule has 0 aromatic heterocycles. The average molecular weight is 370 g/mol. The van der Waals surface area contributed by atoms with Crippen LogP contribution in [0, 0.1) is 0 Å². The summed E-state index contributed by atoms with van der Waals surface area (Å²) in [6, 6.07) is 10.1. The minimum Gasteiger partial charge on any atom is -0.491 e. The second kappa shape index (κ2) is 7.21. The molecule has 0 atom stereocenters. The molecule has 128 valence electrons. The fourth-order valence-electron chi connectivity index (χ4n) is 1.91. The summed E-state index contributed by atoms with van der Waals surface area (Å²) in [7, 11) is -4.35. The summed E-state index contributed by atoms with van der Waals surface area (Å²) in [5.74, 6) is 0.240. The fraction of sp³-hybridized carbons (Fsp3) is 0.188. The van der Waals surface area contributed by atoms with E-state index in [1.165, 1.54) is 6.07 Å². The predicted octanol–water partition coefficient (Wildman–Crippen LogP) is 3.63. The average Bonchev–Trinajstić information content (AvgIpc) is 2.48. The highest BCUT2D eigenvalue weighted by Crippen LogP contribution is 2.26. The molecule has 2 N–H and O–H groups in total. The molecule has 0 bridgehead atoms. The van der Waals surface area contributed by atoms with E-state index in [-0.39, 0.29) is 21.7 Å². The molecule has 0 saturated heterocycles. The van der Waals surface area contributed by atoms with Crippen LogP contribution in [0.4, 0.5) is 5.69 Å². The normalized spacial score (nSPS) is 11.4. The lowest BCUT2D eigenvalue weighted by Gasteiger charge is -2.11. The summed E-state index contributed by atoms with van der Waals surface area (Å²) in [6.07, 6.45) is 0.0322. The fourth-order valence-corrected chi connectivity index (χ4v) is 2.71. The maximum atomic E-state index is 12.2. The van der Waals surface area contributed by atoms with Crippen molar-refractivity contribution in [1.29, 1.82) is 0 Å². The lowest BCUT2D eigenvalue weighted by atomic mass is 10.2. The van der Waals surface area contributed by atoms with Crippen LogP contribution in [0.5, 0.6) is 5.75 Å². The Morgan fingerprint density at radius 2 is 1.79 bits per heavy atom. The summed E-state index contributed by atoms with van der Waals surface area (Å²) in [5, 5.41) is 2.58. The third-order valence-corrected chi connectivity index (χ3v) is 4.14. The molecule has 1 amide bonds. The molecule has 0 unspecified atom stereocenters. The minimum absolute atomic E-state index is 0.00163. The number of halogens is 1. The first kappa shape index (κ1) is 18.3. The summed E-state index contributed by atoms with van der Waals surface area (Å²) in [5.41, 5.74) is 0.623. The van der Waals surface area contributed by atoms with Gasteiger partial charge in [-0.3, -0.25) is 9.35 Å². The molecule has 0 aliphatic heterocycles. The molecule has 0 radical (unpaired) electrons. The first-order valence-corrected chi connectivity index (χ1v) is 8.84. The van der Waals surface area contributed by atoms with Crippen molar-refractivity contribution in [3.8, 4) is 5.75 Å². The van der Waals surface area contributed by atoms with E-state index in [0.29, 0.717) is 11.3 Å². The van der Waals surface area contributed by atoms with Crippen LogP contribution in [-0.2, 0) is 10.1 Å². The molecule has 0 spiro atoms. The van der Waals surface area contributed by atoms with Crippen molar-refractivity contribution < 1.29 is 22.5 Å². The van der Waals surface area contributed by atoms with Crippen molar-refractivity contribution in [2.45, 2.75) is 24.8 Å². The van der Waals surface area contributed by atoms with E-state index >= 15 is 0 Å². The van der Waals surface area contributed by atoms with E-state index < -0.39 is 16.0 Å². The van der Waals surface area contributed by atoms with Crippen LogP contribution < -0.4 is 10.1 Å². The predicted molar refractivity (Wildman–Crippen MR) is 91.4 cm³/mol. The number of carbonyl (C=O) groups is 1. The molecule has 24 heavy (non-hydrogen) atoms. The number of hydrogen-bond donors (Lipinski definition) is 2. The highest BCUT2D eigenvalue weighted by Gasteiger charge is 2.14. The highest BCUT2D eigenvalue weighted by molar-refractivity contribution is 7.85. The van der Waals surface area contributed by atoms with Gasteiger partial charge in [0.1, 0.15) is 5.75 Å². The molecular formula is C16H16ClNO5S. The largest absolute Gasteiger partial charge is 0.491 e. The number of benzene rings is 2. The van der Waals surface area contributed by atoms with Crippen molar-refractivity contribution in [2.24, 2.45) is 0 Å². The molecular weight excluding hydrogens is 354 g/mol. The molecule has 6 nitrogen and oxygen atoms in total. The zero-order valence-electron chi connectivity index (χ0n) is 13.0. The zero-order chi connectivity index (χ0) is 17.9. The molecule has 2 aromatic rings. The van der Waals surface area contributed by atoms with E-state index in [2.05, 4.69) is 5.32 Å². The molecule has 0 aliphatic rings. The zero-order valence-corrected chi connectivity index (χ0v) is 14.6. The van der Waals surface area contributed by atoms with Crippen molar-refractivity contribution in [2.75, 3.05) is 5.32 Å². The lowest BCUT2D eigenvalue weighted by Crippen LogP contribution is -2.12.